The smallest absolute Gasteiger partial charge is 0.274 e. The minimum Gasteiger partial charge on any atom is -0.337 e. The van der Waals surface area contributed by atoms with E-state index in [0.717, 1.165) is 5.56 Å². The molecule has 0 saturated heterocycles. The second-order valence-electron chi connectivity index (χ2n) is 7.35. The summed E-state index contributed by atoms with van der Waals surface area (Å²) in [7, 11) is 0. The second kappa shape index (κ2) is 8.72. The van der Waals surface area contributed by atoms with Gasteiger partial charge < -0.3 is 4.90 Å². The Kier molecular flexibility index (Phi) is 6.84. The van der Waals surface area contributed by atoms with Gasteiger partial charge in [-0.2, -0.15) is 0 Å². The molecule has 0 aliphatic carbocycles. The molecule has 0 spiro atoms. The molecule has 2 aromatic carbocycles. The van der Waals surface area contributed by atoms with Gasteiger partial charge in [-0.1, -0.05) is 68.2 Å². The Morgan fingerprint density at radius 2 is 1.78 bits per heavy atom. The zero-order valence-electron chi connectivity index (χ0n) is 15.5. The number of hydrogen-bond donors (Lipinski definition) is 0. The van der Waals surface area contributed by atoms with Crippen molar-refractivity contribution >= 4 is 34.8 Å². The standard InChI is InChI=1S/C20H22Cl2N2O3/c1-20(2,3)19(25)23(11-10-14-8-9-16(21)12-17(14)22)13-15-6-4-5-7-18(15)24(26)27/h4-9,12H,10-11,13H2,1-3H3. The summed E-state index contributed by atoms with van der Waals surface area (Å²) in [4.78, 5) is 25.4. The highest BCUT2D eigenvalue weighted by atomic mass is 35.5. The average molecular weight is 409 g/mol. The lowest BCUT2D eigenvalue weighted by molar-refractivity contribution is -0.385. The van der Waals surface area contributed by atoms with Crippen molar-refractivity contribution in [1.82, 2.24) is 4.90 Å². The molecule has 0 fully saturated rings. The quantitative estimate of drug-likeness (QED) is 0.466. The molecule has 7 heteroatoms. The summed E-state index contributed by atoms with van der Waals surface area (Å²) in [5.74, 6) is -0.0780. The fraction of sp³-hybridized carbons (Fsp3) is 0.350. The van der Waals surface area contributed by atoms with Crippen LogP contribution in [0.1, 0.15) is 31.9 Å². The van der Waals surface area contributed by atoms with Gasteiger partial charge in [0, 0.05) is 33.6 Å². The number of nitro groups is 1. The molecule has 27 heavy (non-hydrogen) atoms. The van der Waals surface area contributed by atoms with E-state index in [2.05, 4.69) is 0 Å². The van der Waals surface area contributed by atoms with Crippen LogP contribution < -0.4 is 0 Å². The highest BCUT2D eigenvalue weighted by Crippen LogP contribution is 2.26. The van der Waals surface area contributed by atoms with Gasteiger partial charge in [0.15, 0.2) is 0 Å². The van der Waals surface area contributed by atoms with E-state index in [1.54, 1.807) is 35.2 Å². The molecule has 2 aromatic rings. The number of hydrogen-bond acceptors (Lipinski definition) is 3. The fourth-order valence-corrected chi connectivity index (χ4v) is 3.24. The predicted molar refractivity (Wildman–Crippen MR) is 108 cm³/mol. The van der Waals surface area contributed by atoms with E-state index >= 15 is 0 Å². The molecule has 1 amide bonds. The lowest BCUT2D eigenvalue weighted by Gasteiger charge is -2.29. The maximum atomic E-state index is 12.9. The van der Waals surface area contributed by atoms with Crippen LogP contribution in [0, 0.1) is 15.5 Å². The van der Waals surface area contributed by atoms with E-state index in [0.29, 0.717) is 28.6 Å². The maximum Gasteiger partial charge on any atom is 0.274 e. The first-order valence-corrected chi connectivity index (χ1v) is 9.31. The van der Waals surface area contributed by atoms with Crippen LogP contribution >= 0.6 is 23.2 Å². The van der Waals surface area contributed by atoms with E-state index in [4.69, 9.17) is 23.2 Å². The van der Waals surface area contributed by atoms with Crippen molar-refractivity contribution in [2.24, 2.45) is 5.41 Å². The second-order valence-corrected chi connectivity index (χ2v) is 8.19. The zero-order valence-corrected chi connectivity index (χ0v) is 17.0. The van der Waals surface area contributed by atoms with Gasteiger partial charge in [0.1, 0.15) is 0 Å². The van der Waals surface area contributed by atoms with Crippen LogP contribution in [0.15, 0.2) is 42.5 Å². The summed E-state index contributed by atoms with van der Waals surface area (Å²) in [6, 6.07) is 11.7. The molecule has 0 saturated carbocycles. The molecule has 0 unspecified atom stereocenters. The van der Waals surface area contributed by atoms with Crippen molar-refractivity contribution < 1.29 is 9.72 Å². The van der Waals surface area contributed by atoms with Gasteiger partial charge >= 0.3 is 0 Å². The first kappa shape index (κ1) is 21.2. The van der Waals surface area contributed by atoms with E-state index in [-0.39, 0.29) is 18.1 Å². The third kappa shape index (κ3) is 5.68. The topological polar surface area (TPSA) is 63.5 Å². The number of rotatable bonds is 6. The van der Waals surface area contributed by atoms with E-state index in [1.807, 2.05) is 26.8 Å². The molecule has 2 rings (SSSR count). The highest BCUT2D eigenvalue weighted by Gasteiger charge is 2.28. The number of nitro benzene ring substituents is 1. The number of para-hydroxylation sites is 1. The van der Waals surface area contributed by atoms with Gasteiger partial charge in [-0.05, 0) is 24.1 Å². The number of carbonyl (C=O) groups excluding carboxylic acids is 1. The highest BCUT2D eigenvalue weighted by molar-refractivity contribution is 6.35. The summed E-state index contributed by atoms with van der Waals surface area (Å²) in [5.41, 5.74) is 0.777. The third-order valence-corrected chi connectivity index (χ3v) is 4.73. The maximum absolute atomic E-state index is 12.9. The minimum atomic E-state index is -0.604. The Labute approximate surface area is 169 Å². The molecular formula is C20H22Cl2N2O3. The molecule has 5 nitrogen and oxygen atoms in total. The fourth-order valence-electron chi connectivity index (χ4n) is 2.73. The van der Waals surface area contributed by atoms with E-state index in [1.165, 1.54) is 6.07 Å². The Morgan fingerprint density at radius 1 is 1.11 bits per heavy atom. The molecule has 0 atom stereocenters. The summed E-state index contributed by atoms with van der Waals surface area (Å²) in [6.45, 7) is 6.05. The summed E-state index contributed by atoms with van der Waals surface area (Å²) in [6.07, 6.45) is 0.526. The number of nitrogens with zero attached hydrogens (tertiary/aromatic N) is 2. The van der Waals surface area contributed by atoms with Crippen molar-refractivity contribution in [2.75, 3.05) is 6.54 Å². The summed E-state index contributed by atoms with van der Waals surface area (Å²) in [5, 5.41) is 12.4. The van der Waals surface area contributed by atoms with Crippen LogP contribution in [0.3, 0.4) is 0 Å². The van der Waals surface area contributed by atoms with Crippen LogP contribution in [0.25, 0.3) is 0 Å². The van der Waals surface area contributed by atoms with Crippen LogP contribution in [0.2, 0.25) is 10.0 Å². The van der Waals surface area contributed by atoms with Gasteiger partial charge in [-0.15, -0.1) is 0 Å². The van der Waals surface area contributed by atoms with Gasteiger partial charge in [-0.25, -0.2) is 0 Å². The Balaban J connectivity index is 2.27. The summed E-state index contributed by atoms with van der Waals surface area (Å²) >= 11 is 12.2. The average Bonchev–Trinajstić information content (AvgIpc) is 2.58. The number of carbonyl (C=O) groups is 1. The molecule has 0 heterocycles. The summed E-state index contributed by atoms with van der Waals surface area (Å²) < 4.78 is 0. The predicted octanol–water partition coefficient (Wildman–Crippen LogP) is 5.52. The van der Waals surface area contributed by atoms with Crippen molar-refractivity contribution in [3.63, 3.8) is 0 Å². The van der Waals surface area contributed by atoms with Gasteiger partial charge in [0.2, 0.25) is 5.91 Å². The van der Waals surface area contributed by atoms with Crippen molar-refractivity contribution in [3.05, 3.63) is 73.8 Å². The van der Waals surface area contributed by atoms with Crippen LogP contribution in [0.5, 0.6) is 0 Å². The minimum absolute atomic E-state index is 0.00809. The van der Waals surface area contributed by atoms with Crippen molar-refractivity contribution in [2.45, 2.75) is 33.7 Å². The van der Waals surface area contributed by atoms with E-state index in [9.17, 15) is 14.9 Å². The normalized spacial score (nSPS) is 11.3. The number of halogens is 2. The first-order valence-electron chi connectivity index (χ1n) is 8.55. The van der Waals surface area contributed by atoms with Crippen LogP contribution in [0.4, 0.5) is 5.69 Å². The Morgan fingerprint density at radius 3 is 2.37 bits per heavy atom. The third-order valence-electron chi connectivity index (χ3n) is 4.14. The molecule has 0 bridgehead atoms. The molecule has 0 radical (unpaired) electrons. The van der Waals surface area contributed by atoms with Crippen molar-refractivity contribution in [1.29, 1.82) is 0 Å². The lowest BCUT2D eigenvalue weighted by Crippen LogP contribution is -2.40. The molecule has 0 aromatic heterocycles. The largest absolute Gasteiger partial charge is 0.337 e. The monoisotopic (exact) mass is 408 g/mol. The zero-order chi connectivity index (χ0) is 20.2. The van der Waals surface area contributed by atoms with Crippen molar-refractivity contribution in [3.8, 4) is 0 Å². The van der Waals surface area contributed by atoms with E-state index < -0.39 is 10.3 Å². The molecule has 0 aliphatic rings. The molecule has 0 N–H and O–H groups in total. The van der Waals surface area contributed by atoms with Gasteiger partial charge in [-0.3, -0.25) is 14.9 Å². The Hall–Kier alpha value is -2.11. The SMILES string of the molecule is CC(C)(C)C(=O)N(CCc1ccc(Cl)cc1Cl)Cc1ccccc1[N+](=O)[O-]. The van der Waals surface area contributed by atoms with Gasteiger partial charge in [0.05, 0.1) is 11.5 Å². The number of benzene rings is 2. The van der Waals surface area contributed by atoms with Crippen LogP contribution in [-0.2, 0) is 17.8 Å². The number of amides is 1. The molecule has 0 aliphatic heterocycles. The van der Waals surface area contributed by atoms with Gasteiger partial charge in [0.25, 0.3) is 5.69 Å². The lowest BCUT2D eigenvalue weighted by atomic mass is 9.94. The first-order chi connectivity index (χ1) is 12.6. The molecule has 144 valence electrons. The van der Waals surface area contributed by atoms with Crippen LogP contribution in [-0.4, -0.2) is 22.3 Å². The molecular weight excluding hydrogens is 387 g/mol. The Bertz CT molecular complexity index is 847.